The largest absolute Gasteiger partial charge is 0.341 e. The molecule has 0 radical (unpaired) electrons. The lowest BCUT2D eigenvalue weighted by Gasteiger charge is -2.18. The van der Waals surface area contributed by atoms with Gasteiger partial charge in [0.2, 0.25) is 10.0 Å². The molecular formula is C26H27N7O3S2. The third-order valence-electron chi connectivity index (χ3n) is 6.21. The van der Waals surface area contributed by atoms with E-state index in [0.29, 0.717) is 59.5 Å². The first kappa shape index (κ1) is 26.0. The van der Waals surface area contributed by atoms with Gasteiger partial charge in [-0.05, 0) is 30.2 Å². The number of aromatic amines is 1. The minimum Gasteiger partial charge on any atom is -0.341 e. The minimum atomic E-state index is -3.58. The van der Waals surface area contributed by atoms with E-state index in [0.717, 1.165) is 5.56 Å². The van der Waals surface area contributed by atoms with Crippen molar-refractivity contribution in [2.24, 2.45) is 0 Å². The van der Waals surface area contributed by atoms with Crippen LogP contribution >= 0.6 is 11.8 Å². The Bertz CT molecular complexity index is 1750. The van der Waals surface area contributed by atoms with Crippen LogP contribution in [0.3, 0.4) is 0 Å². The van der Waals surface area contributed by atoms with Crippen LogP contribution in [0.5, 0.6) is 0 Å². The maximum Gasteiger partial charge on any atom is 0.282 e. The summed E-state index contributed by atoms with van der Waals surface area (Å²) in [7, 11) is -3.58. The van der Waals surface area contributed by atoms with Gasteiger partial charge in [-0.3, -0.25) is 9.36 Å². The number of sulfonamides is 1. The molecule has 0 spiro atoms. The zero-order valence-electron chi connectivity index (χ0n) is 21.0. The van der Waals surface area contributed by atoms with E-state index >= 15 is 0 Å². The highest BCUT2D eigenvalue weighted by Gasteiger charge is 2.22. The maximum absolute atomic E-state index is 13.3. The molecule has 0 amide bonds. The Morgan fingerprint density at radius 3 is 2.53 bits per heavy atom. The molecule has 0 unspecified atom stereocenters. The monoisotopic (exact) mass is 549 g/mol. The van der Waals surface area contributed by atoms with E-state index in [-0.39, 0.29) is 16.0 Å². The van der Waals surface area contributed by atoms with Gasteiger partial charge in [-0.15, -0.1) is 0 Å². The molecule has 1 N–H and O–H groups in total. The van der Waals surface area contributed by atoms with E-state index in [9.17, 15) is 13.2 Å². The Morgan fingerprint density at radius 2 is 1.76 bits per heavy atom. The van der Waals surface area contributed by atoms with Crippen LogP contribution in [0.25, 0.3) is 22.2 Å². The summed E-state index contributed by atoms with van der Waals surface area (Å²) in [6, 6.07) is 14.8. The predicted octanol–water partition coefficient (Wildman–Crippen LogP) is 3.63. The molecule has 3 heterocycles. The molecule has 5 rings (SSSR count). The molecule has 3 aromatic heterocycles. The summed E-state index contributed by atoms with van der Waals surface area (Å²) in [6.45, 7) is 4.87. The lowest BCUT2D eigenvalue weighted by Crippen LogP contribution is -2.30. The summed E-state index contributed by atoms with van der Waals surface area (Å²) in [4.78, 5) is 34.4. The quantitative estimate of drug-likeness (QED) is 0.207. The Balaban J connectivity index is 1.43. The number of aryl methyl sites for hydroxylation is 1. The van der Waals surface area contributed by atoms with Crippen LogP contribution in [0.15, 0.2) is 75.8 Å². The Kier molecular flexibility index (Phi) is 7.54. The van der Waals surface area contributed by atoms with Gasteiger partial charge in [0.05, 0.1) is 21.7 Å². The SMILES string of the molecule is CCN(CC)S(=O)(=O)c1ccc2nc(CSc3nc4nccnc4c(=O)n3CCc3ccccc3)[nH]c2c1. The Labute approximate surface area is 224 Å². The molecule has 0 fully saturated rings. The van der Waals surface area contributed by atoms with Gasteiger partial charge < -0.3 is 4.98 Å². The second kappa shape index (κ2) is 11.0. The van der Waals surface area contributed by atoms with Crippen molar-refractivity contribution in [1.29, 1.82) is 0 Å². The normalized spacial score (nSPS) is 12.1. The summed E-state index contributed by atoms with van der Waals surface area (Å²) >= 11 is 1.37. The highest BCUT2D eigenvalue weighted by molar-refractivity contribution is 7.98. The van der Waals surface area contributed by atoms with Crippen LogP contribution in [0.4, 0.5) is 0 Å². The summed E-state index contributed by atoms with van der Waals surface area (Å²) in [6.07, 6.45) is 3.67. The fourth-order valence-corrected chi connectivity index (χ4v) is 6.61. The predicted molar refractivity (Wildman–Crippen MR) is 148 cm³/mol. The molecule has 10 nitrogen and oxygen atoms in total. The molecule has 5 aromatic rings. The number of imidazole rings is 1. The van der Waals surface area contributed by atoms with Crippen molar-refractivity contribution in [3.8, 4) is 0 Å². The van der Waals surface area contributed by atoms with Gasteiger partial charge in [-0.2, -0.15) is 4.31 Å². The van der Waals surface area contributed by atoms with E-state index in [4.69, 9.17) is 0 Å². The summed E-state index contributed by atoms with van der Waals surface area (Å²) in [5.41, 5.74) is 2.70. The number of thioether (sulfide) groups is 1. The van der Waals surface area contributed by atoms with Crippen molar-refractivity contribution in [3.05, 3.63) is 82.7 Å². The molecule has 0 aliphatic rings. The molecule has 0 saturated heterocycles. The van der Waals surface area contributed by atoms with Crippen molar-refractivity contribution in [3.63, 3.8) is 0 Å². The number of aromatic nitrogens is 6. The Morgan fingerprint density at radius 1 is 1.00 bits per heavy atom. The number of nitrogens with one attached hydrogen (secondary N) is 1. The molecule has 12 heteroatoms. The first-order valence-corrected chi connectivity index (χ1v) is 14.7. The average molecular weight is 550 g/mol. The first-order valence-electron chi connectivity index (χ1n) is 12.3. The second-order valence-corrected chi connectivity index (χ2v) is 11.4. The van der Waals surface area contributed by atoms with Crippen LogP contribution in [0, 0.1) is 0 Å². The van der Waals surface area contributed by atoms with Gasteiger partial charge in [0.1, 0.15) is 5.82 Å². The van der Waals surface area contributed by atoms with E-state index < -0.39 is 10.0 Å². The highest BCUT2D eigenvalue weighted by atomic mass is 32.2. The third-order valence-corrected chi connectivity index (χ3v) is 9.24. The number of hydrogen-bond acceptors (Lipinski definition) is 8. The van der Waals surface area contributed by atoms with Crippen LogP contribution < -0.4 is 5.56 Å². The molecule has 0 atom stereocenters. The van der Waals surface area contributed by atoms with Crippen molar-refractivity contribution in [2.75, 3.05) is 13.1 Å². The van der Waals surface area contributed by atoms with Crippen molar-refractivity contribution >= 4 is 44.0 Å². The minimum absolute atomic E-state index is 0.223. The van der Waals surface area contributed by atoms with Crippen LogP contribution in [0.2, 0.25) is 0 Å². The second-order valence-electron chi connectivity index (χ2n) is 8.56. The standard InChI is InChI=1S/C26H27N7O3S2/c1-3-32(4-2)38(35,36)19-10-11-20-21(16-19)30-22(29-20)17-37-26-31-24-23(27-13-14-28-24)25(34)33(26)15-12-18-8-6-5-7-9-18/h5-11,13-14,16H,3-4,12,15,17H2,1-2H3,(H,29,30). The average Bonchev–Trinajstić information content (AvgIpc) is 3.35. The fraction of sp³-hybridized carbons (Fsp3) is 0.269. The topological polar surface area (TPSA) is 127 Å². The van der Waals surface area contributed by atoms with Gasteiger partial charge >= 0.3 is 0 Å². The smallest absolute Gasteiger partial charge is 0.282 e. The van der Waals surface area contributed by atoms with E-state index in [1.54, 1.807) is 22.8 Å². The van der Waals surface area contributed by atoms with E-state index in [2.05, 4.69) is 24.9 Å². The summed E-state index contributed by atoms with van der Waals surface area (Å²) in [5, 5.41) is 0.518. The number of rotatable bonds is 10. The molecule has 0 aliphatic carbocycles. The number of nitrogens with zero attached hydrogens (tertiary/aromatic N) is 6. The zero-order valence-corrected chi connectivity index (χ0v) is 22.7. The van der Waals surface area contributed by atoms with Crippen LogP contribution in [-0.2, 0) is 28.7 Å². The Hall–Kier alpha value is -3.61. The number of fused-ring (bicyclic) bond motifs is 2. The van der Waals surface area contributed by atoms with Gasteiger partial charge in [0, 0.05) is 32.0 Å². The van der Waals surface area contributed by atoms with Gasteiger partial charge in [0.25, 0.3) is 5.56 Å². The molecule has 0 aliphatic heterocycles. The number of benzene rings is 2. The van der Waals surface area contributed by atoms with Crippen LogP contribution in [0.1, 0.15) is 25.2 Å². The number of hydrogen-bond donors (Lipinski definition) is 1. The maximum atomic E-state index is 13.3. The van der Waals surface area contributed by atoms with Gasteiger partial charge in [-0.25, -0.2) is 28.4 Å². The fourth-order valence-electron chi connectivity index (χ4n) is 4.24. The van der Waals surface area contributed by atoms with Crippen molar-refractivity contribution < 1.29 is 8.42 Å². The third kappa shape index (κ3) is 5.19. The van der Waals surface area contributed by atoms with E-state index in [1.807, 2.05) is 44.2 Å². The zero-order chi connectivity index (χ0) is 26.7. The summed E-state index contributed by atoms with van der Waals surface area (Å²) in [5.74, 6) is 1.04. The number of H-pyrrole nitrogens is 1. The molecular weight excluding hydrogens is 522 g/mol. The van der Waals surface area contributed by atoms with E-state index in [1.165, 1.54) is 28.5 Å². The lowest BCUT2D eigenvalue weighted by atomic mass is 10.1. The van der Waals surface area contributed by atoms with Crippen LogP contribution in [-0.4, -0.2) is 55.3 Å². The molecule has 0 saturated carbocycles. The first-order chi connectivity index (χ1) is 18.4. The van der Waals surface area contributed by atoms with Gasteiger partial charge in [0.15, 0.2) is 16.3 Å². The van der Waals surface area contributed by atoms with Crippen molar-refractivity contribution in [2.45, 2.75) is 42.6 Å². The lowest BCUT2D eigenvalue weighted by molar-refractivity contribution is 0.445. The summed E-state index contributed by atoms with van der Waals surface area (Å²) < 4.78 is 28.9. The van der Waals surface area contributed by atoms with Gasteiger partial charge in [-0.1, -0.05) is 55.9 Å². The molecule has 2 aromatic carbocycles. The molecule has 0 bridgehead atoms. The molecule has 196 valence electrons. The highest BCUT2D eigenvalue weighted by Crippen LogP contribution is 2.24. The van der Waals surface area contributed by atoms with Crippen molar-refractivity contribution in [1.82, 2.24) is 33.8 Å². The molecule has 38 heavy (non-hydrogen) atoms.